The molecule has 2 fully saturated rings. The molecule has 1 aromatic carbocycles. The van der Waals surface area contributed by atoms with Crippen LogP contribution in [0.15, 0.2) is 24.3 Å². The van der Waals surface area contributed by atoms with Crippen LogP contribution < -0.4 is 9.64 Å². The van der Waals surface area contributed by atoms with E-state index in [4.69, 9.17) is 9.47 Å². The Labute approximate surface area is 130 Å². The maximum atomic E-state index is 12.2. The van der Waals surface area contributed by atoms with Gasteiger partial charge in [-0.05, 0) is 49.9 Å². The Bertz CT molecular complexity index is 565. The lowest BCUT2D eigenvalue weighted by molar-refractivity contribution is -0.153. The molecule has 1 saturated carbocycles. The highest BCUT2D eigenvalue weighted by Crippen LogP contribution is 2.35. The summed E-state index contributed by atoms with van der Waals surface area (Å²) in [6, 6.07) is 7.28. The van der Waals surface area contributed by atoms with E-state index >= 15 is 0 Å². The second kappa shape index (κ2) is 5.99. The number of amides is 1. The normalized spacial score (nSPS) is 22.5. The van der Waals surface area contributed by atoms with Gasteiger partial charge in [0.15, 0.2) is 0 Å². The van der Waals surface area contributed by atoms with E-state index in [0.29, 0.717) is 12.5 Å². The molecule has 1 aliphatic carbocycles. The predicted molar refractivity (Wildman–Crippen MR) is 81.7 cm³/mol. The van der Waals surface area contributed by atoms with Crippen molar-refractivity contribution in [1.29, 1.82) is 0 Å². The molecule has 0 bridgehead atoms. The second-order valence-electron chi connectivity index (χ2n) is 6.08. The van der Waals surface area contributed by atoms with E-state index in [9.17, 15) is 9.59 Å². The fraction of sp³-hybridized carbons (Fsp3) is 0.529. The Morgan fingerprint density at radius 1 is 1.27 bits per heavy atom. The Hall–Kier alpha value is -2.04. The molecule has 1 amide bonds. The van der Waals surface area contributed by atoms with Crippen molar-refractivity contribution < 1.29 is 19.1 Å². The quantitative estimate of drug-likeness (QED) is 0.784. The van der Waals surface area contributed by atoms with Gasteiger partial charge in [0.2, 0.25) is 5.91 Å². The topological polar surface area (TPSA) is 55.8 Å². The standard InChI is InChI=1S/C17H21NO4/c1-11(12-3-4-12)22-17(20)13-9-16(19)18(10-13)14-5-7-15(21-2)8-6-14/h5-8,11-13H,3-4,9-10H2,1-2H3/t11-,13+/m0/s1. The van der Waals surface area contributed by atoms with E-state index in [2.05, 4.69) is 0 Å². The second-order valence-corrected chi connectivity index (χ2v) is 6.08. The van der Waals surface area contributed by atoms with E-state index in [-0.39, 0.29) is 30.3 Å². The molecule has 0 radical (unpaired) electrons. The Morgan fingerprint density at radius 2 is 1.95 bits per heavy atom. The summed E-state index contributed by atoms with van der Waals surface area (Å²) >= 11 is 0. The lowest BCUT2D eigenvalue weighted by Gasteiger charge is -2.18. The average Bonchev–Trinajstić information content (AvgIpc) is 3.30. The third kappa shape index (κ3) is 3.08. The Balaban J connectivity index is 1.62. The molecule has 0 aromatic heterocycles. The minimum Gasteiger partial charge on any atom is -0.497 e. The average molecular weight is 303 g/mol. The fourth-order valence-electron chi connectivity index (χ4n) is 2.82. The minimum atomic E-state index is -0.365. The fourth-order valence-corrected chi connectivity index (χ4v) is 2.82. The molecule has 118 valence electrons. The lowest BCUT2D eigenvalue weighted by Crippen LogP contribution is -2.28. The van der Waals surface area contributed by atoms with Crippen LogP contribution in [0, 0.1) is 11.8 Å². The summed E-state index contributed by atoms with van der Waals surface area (Å²) in [5.74, 6) is 0.606. The molecule has 2 aliphatic rings. The minimum absolute atomic E-state index is 0.0300. The zero-order valence-corrected chi connectivity index (χ0v) is 13.0. The first-order valence-electron chi connectivity index (χ1n) is 7.73. The van der Waals surface area contributed by atoms with Crippen molar-refractivity contribution in [2.75, 3.05) is 18.6 Å². The van der Waals surface area contributed by atoms with Gasteiger partial charge < -0.3 is 14.4 Å². The number of nitrogens with zero attached hydrogens (tertiary/aromatic N) is 1. The van der Waals surface area contributed by atoms with Crippen LogP contribution in [0.2, 0.25) is 0 Å². The first-order valence-corrected chi connectivity index (χ1v) is 7.73. The van der Waals surface area contributed by atoms with Crippen LogP contribution in [0.1, 0.15) is 26.2 Å². The van der Waals surface area contributed by atoms with Gasteiger partial charge in [0.05, 0.1) is 13.0 Å². The molecule has 1 heterocycles. The van der Waals surface area contributed by atoms with Crippen molar-refractivity contribution in [2.45, 2.75) is 32.3 Å². The number of methoxy groups -OCH3 is 1. The molecule has 1 aliphatic heterocycles. The van der Waals surface area contributed by atoms with Crippen LogP contribution in [0.4, 0.5) is 5.69 Å². The molecule has 1 saturated heterocycles. The Morgan fingerprint density at radius 3 is 2.55 bits per heavy atom. The first-order chi connectivity index (χ1) is 10.6. The van der Waals surface area contributed by atoms with Crippen molar-refractivity contribution in [1.82, 2.24) is 0 Å². The van der Waals surface area contributed by atoms with Crippen molar-refractivity contribution in [3.05, 3.63) is 24.3 Å². The van der Waals surface area contributed by atoms with E-state index in [0.717, 1.165) is 24.3 Å². The van der Waals surface area contributed by atoms with Crippen LogP contribution in [-0.2, 0) is 14.3 Å². The van der Waals surface area contributed by atoms with Gasteiger partial charge in [-0.1, -0.05) is 0 Å². The van der Waals surface area contributed by atoms with E-state index in [1.54, 1.807) is 12.0 Å². The maximum Gasteiger partial charge on any atom is 0.311 e. The number of anilines is 1. The molecule has 22 heavy (non-hydrogen) atoms. The highest BCUT2D eigenvalue weighted by Gasteiger charge is 2.38. The number of carbonyl (C=O) groups excluding carboxylic acids is 2. The highest BCUT2D eigenvalue weighted by atomic mass is 16.5. The summed E-state index contributed by atoms with van der Waals surface area (Å²) in [5, 5.41) is 0. The molecule has 0 N–H and O–H groups in total. The van der Waals surface area contributed by atoms with Crippen LogP contribution in [0.3, 0.4) is 0 Å². The van der Waals surface area contributed by atoms with Gasteiger partial charge in [0, 0.05) is 18.7 Å². The monoisotopic (exact) mass is 303 g/mol. The number of ether oxygens (including phenoxy) is 2. The van der Waals surface area contributed by atoms with Gasteiger partial charge in [-0.25, -0.2) is 0 Å². The molecule has 3 rings (SSSR count). The van der Waals surface area contributed by atoms with Gasteiger partial charge in [-0.15, -0.1) is 0 Å². The predicted octanol–water partition coefficient (Wildman–Crippen LogP) is 2.39. The summed E-state index contributed by atoms with van der Waals surface area (Å²) in [6.45, 7) is 2.33. The third-order valence-electron chi connectivity index (χ3n) is 4.43. The van der Waals surface area contributed by atoms with Crippen molar-refractivity contribution in [2.24, 2.45) is 11.8 Å². The third-order valence-corrected chi connectivity index (χ3v) is 4.43. The molecular weight excluding hydrogens is 282 g/mol. The largest absolute Gasteiger partial charge is 0.497 e. The molecule has 5 heteroatoms. The zero-order valence-electron chi connectivity index (χ0n) is 13.0. The lowest BCUT2D eigenvalue weighted by atomic mass is 10.1. The van der Waals surface area contributed by atoms with Crippen molar-refractivity contribution in [3.63, 3.8) is 0 Å². The summed E-state index contributed by atoms with van der Waals surface area (Å²) in [6.07, 6.45) is 2.46. The van der Waals surface area contributed by atoms with Gasteiger partial charge in [-0.2, -0.15) is 0 Å². The van der Waals surface area contributed by atoms with Gasteiger partial charge >= 0.3 is 5.97 Å². The summed E-state index contributed by atoms with van der Waals surface area (Å²) in [7, 11) is 1.60. The number of benzene rings is 1. The summed E-state index contributed by atoms with van der Waals surface area (Å²) < 4.78 is 10.6. The summed E-state index contributed by atoms with van der Waals surface area (Å²) in [4.78, 5) is 26.0. The first kappa shape index (κ1) is 14.9. The molecule has 0 unspecified atom stereocenters. The van der Waals surface area contributed by atoms with E-state index < -0.39 is 0 Å². The summed E-state index contributed by atoms with van der Waals surface area (Å²) in [5.41, 5.74) is 0.788. The SMILES string of the molecule is COc1ccc(N2C[C@H](C(=O)O[C@@H](C)C3CC3)CC2=O)cc1. The Kier molecular flexibility index (Phi) is 4.05. The number of esters is 1. The molecular formula is C17H21NO4. The van der Waals surface area contributed by atoms with E-state index in [1.807, 2.05) is 31.2 Å². The highest BCUT2D eigenvalue weighted by molar-refractivity contribution is 5.99. The number of hydrogen-bond acceptors (Lipinski definition) is 4. The van der Waals surface area contributed by atoms with Crippen LogP contribution in [0.25, 0.3) is 0 Å². The van der Waals surface area contributed by atoms with Crippen LogP contribution in [0.5, 0.6) is 5.75 Å². The molecule has 0 spiro atoms. The van der Waals surface area contributed by atoms with Crippen LogP contribution in [-0.4, -0.2) is 31.6 Å². The van der Waals surface area contributed by atoms with E-state index in [1.165, 1.54) is 0 Å². The number of rotatable bonds is 5. The smallest absolute Gasteiger partial charge is 0.311 e. The number of hydrogen-bond donors (Lipinski definition) is 0. The molecule has 2 atom stereocenters. The maximum absolute atomic E-state index is 12.2. The molecule has 5 nitrogen and oxygen atoms in total. The van der Waals surface area contributed by atoms with Gasteiger partial charge in [-0.3, -0.25) is 9.59 Å². The molecule has 1 aromatic rings. The van der Waals surface area contributed by atoms with Crippen molar-refractivity contribution >= 4 is 17.6 Å². The zero-order chi connectivity index (χ0) is 15.7. The van der Waals surface area contributed by atoms with Crippen LogP contribution >= 0.6 is 0 Å². The van der Waals surface area contributed by atoms with Gasteiger partial charge in [0.1, 0.15) is 11.9 Å². The van der Waals surface area contributed by atoms with Gasteiger partial charge in [0.25, 0.3) is 0 Å². The van der Waals surface area contributed by atoms with Crippen molar-refractivity contribution in [3.8, 4) is 5.75 Å². The number of carbonyl (C=O) groups is 2.